The third kappa shape index (κ3) is 6.04. The molecule has 1 atom stereocenters. The molecule has 0 saturated heterocycles. The van der Waals surface area contributed by atoms with Crippen molar-refractivity contribution >= 4 is 9.90 Å². The fourth-order valence-corrected chi connectivity index (χ4v) is 0.723. The van der Waals surface area contributed by atoms with Gasteiger partial charge in [0.2, 0.25) is 0 Å². The molecule has 0 radical (unpaired) electrons. The average molecular weight is 158 g/mol. The van der Waals surface area contributed by atoms with E-state index in [2.05, 4.69) is 25.2 Å². The highest BCUT2D eigenvalue weighted by atomic mass is 31.0. The Morgan fingerprint density at radius 3 is 2.10 bits per heavy atom. The molecule has 1 heteroatoms. The Morgan fingerprint density at radius 1 is 1.30 bits per heavy atom. The lowest BCUT2D eigenvalue weighted by molar-refractivity contribution is 0.962. The standard InChI is InChI=1S/C7H10.C2H6.H3P/c1-7-5-3-2-4-6-7;1-2;/h2-3,5H,4,6H2,1H3;1-2H3;1H3. The summed E-state index contributed by atoms with van der Waals surface area (Å²) in [7, 11) is 0. The summed E-state index contributed by atoms with van der Waals surface area (Å²) in [6.07, 6.45) is 8.99. The zero-order valence-electron chi connectivity index (χ0n) is 7.35. The summed E-state index contributed by atoms with van der Waals surface area (Å²) < 4.78 is 0. The topological polar surface area (TPSA) is 0 Å². The van der Waals surface area contributed by atoms with Gasteiger partial charge in [-0.2, -0.15) is 9.90 Å². The predicted molar refractivity (Wildman–Crippen MR) is 54.6 cm³/mol. The van der Waals surface area contributed by atoms with Crippen LogP contribution < -0.4 is 0 Å². The predicted octanol–water partition coefficient (Wildman–Crippen LogP) is 3.37. The molecule has 0 aromatic carbocycles. The van der Waals surface area contributed by atoms with Crippen LogP contribution in [0.15, 0.2) is 23.8 Å². The molecule has 0 saturated carbocycles. The first kappa shape index (κ1) is 12.6. The van der Waals surface area contributed by atoms with Crippen molar-refractivity contribution in [3.63, 3.8) is 0 Å². The SMILES string of the molecule is CC.CC1=CC=CCC1.P. The fraction of sp³-hybridized carbons (Fsp3) is 0.556. The third-order valence-corrected chi connectivity index (χ3v) is 1.22. The van der Waals surface area contributed by atoms with Gasteiger partial charge in [-0.1, -0.05) is 37.6 Å². The van der Waals surface area contributed by atoms with Crippen molar-refractivity contribution in [3.05, 3.63) is 23.8 Å². The second kappa shape index (κ2) is 8.91. The van der Waals surface area contributed by atoms with Crippen molar-refractivity contribution in [3.8, 4) is 0 Å². The number of allylic oxidation sites excluding steroid dienone is 4. The Bertz CT molecular complexity index is 112. The molecule has 0 fully saturated rings. The van der Waals surface area contributed by atoms with Gasteiger partial charge in [0.15, 0.2) is 0 Å². The van der Waals surface area contributed by atoms with Crippen molar-refractivity contribution in [2.45, 2.75) is 33.6 Å². The van der Waals surface area contributed by atoms with Crippen molar-refractivity contribution < 1.29 is 0 Å². The number of hydrogen-bond acceptors (Lipinski definition) is 0. The normalized spacial score (nSPS) is 14.1. The summed E-state index contributed by atoms with van der Waals surface area (Å²) >= 11 is 0. The summed E-state index contributed by atoms with van der Waals surface area (Å²) in [6.45, 7) is 6.17. The van der Waals surface area contributed by atoms with E-state index in [4.69, 9.17) is 0 Å². The lowest BCUT2D eigenvalue weighted by atomic mass is 10.1. The van der Waals surface area contributed by atoms with Crippen molar-refractivity contribution in [2.75, 3.05) is 0 Å². The van der Waals surface area contributed by atoms with Crippen LogP contribution in [0.25, 0.3) is 0 Å². The van der Waals surface area contributed by atoms with Crippen molar-refractivity contribution in [2.24, 2.45) is 0 Å². The molecule has 0 aromatic rings. The van der Waals surface area contributed by atoms with Gasteiger partial charge in [-0.15, -0.1) is 0 Å². The van der Waals surface area contributed by atoms with E-state index in [-0.39, 0.29) is 9.90 Å². The van der Waals surface area contributed by atoms with E-state index >= 15 is 0 Å². The van der Waals surface area contributed by atoms with E-state index in [1.165, 1.54) is 18.4 Å². The van der Waals surface area contributed by atoms with Gasteiger partial charge < -0.3 is 0 Å². The van der Waals surface area contributed by atoms with E-state index in [0.29, 0.717) is 0 Å². The molecule has 0 spiro atoms. The molecular weight excluding hydrogens is 139 g/mol. The molecule has 0 aromatic heterocycles. The van der Waals surface area contributed by atoms with Gasteiger partial charge in [-0.3, -0.25) is 0 Å². The van der Waals surface area contributed by atoms with Gasteiger partial charge in [-0.25, -0.2) is 0 Å². The molecule has 1 rings (SSSR count). The van der Waals surface area contributed by atoms with Crippen LogP contribution in [0.5, 0.6) is 0 Å². The average Bonchev–Trinajstić information content (AvgIpc) is 1.94. The molecule has 0 bridgehead atoms. The number of rotatable bonds is 0. The Hall–Kier alpha value is -0.0900. The maximum absolute atomic E-state index is 2.20. The Morgan fingerprint density at radius 2 is 1.90 bits per heavy atom. The van der Waals surface area contributed by atoms with E-state index in [9.17, 15) is 0 Å². The highest BCUT2D eigenvalue weighted by molar-refractivity contribution is 6.92. The lowest BCUT2D eigenvalue weighted by Crippen LogP contribution is -1.78. The second-order valence-electron chi connectivity index (χ2n) is 1.98. The largest absolute Gasteiger partial charge is 0.153 e. The molecule has 0 amide bonds. The monoisotopic (exact) mass is 158 g/mol. The molecule has 0 nitrogen and oxygen atoms in total. The summed E-state index contributed by atoms with van der Waals surface area (Å²) in [4.78, 5) is 0. The molecule has 1 aliphatic carbocycles. The molecule has 1 unspecified atom stereocenters. The van der Waals surface area contributed by atoms with Gasteiger partial charge in [0.1, 0.15) is 0 Å². The van der Waals surface area contributed by atoms with Crippen LogP contribution in [0.2, 0.25) is 0 Å². The fourth-order valence-electron chi connectivity index (χ4n) is 0.723. The first-order valence-electron chi connectivity index (χ1n) is 3.72. The second-order valence-corrected chi connectivity index (χ2v) is 1.98. The lowest BCUT2D eigenvalue weighted by Gasteiger charge is -1.98. The minimum absolute atomic E-state index is 0. The summed E-state index contributed by atoms with van der Waals surface area (Å²) in [5.74, 6) is 0. The minimum atomic E-state index is 0. The van der Waals surface area contributed by atoms with E-state index in [0.717, 1.165) is 0 Å². The molecular formula is C9H19P. The summed E-state index contributed by atoms with van der Waals surface area (Å²) in [6, 6.07) is 0. The number of hydrogen-bond donors (Lipinski definition) is 0. The molecule has 10 heavy (non-hydrogen) atoms. The molecule has 1 aliphatic rings. The Labute approximate surface area is 68.0 Å². The van der Waals surface area contributed by atoms with Gasteiger partial charge in [-0.05, 0) is 19.8 Å². The van der Waals surface area contributed by atoms with Crippen LogP contribution in [0, 0.1) is 0 Å². The Kier molecular flexibility index (Phi) is 11.2. The van der Waals surface area contributed by atoms with Crippen LogP contribution >= 0.6 is 9.90 Å². The van der Waals surface area contributed by atoms with Crippen LogP contribution in [0.1, 0.15) is 33.6 Å². The van der Waals surface area contributed by atoms with E-state index < -0.39 is 0 Å². The first-order chi connectivity index (χ1) is 4.39. The van der Waals surface area contributed by atoms with Gasteiger partial charge in [0.25, 0.3) is 0 Å². The van der Waals surface area contributed by atoms with Crippen molar-refractivity contribution in [1.82, 2.24) is 0 Å². The molecule has 0 aliphatic heterocycles. The van der Waals surface area contributed by atoms with Crippen LogP contribution in [-0.2, 0) is 0 Å². The zero-order chi connectivity index (χ0) is 7.11. The van der Waals surface area contributed by atoms with Crippen LogP contribution in [-0.4, -0.2) is 0 Å². The molecule has 0 heterocycles. The van der Waals surface area contributed by atoms with Gasteiger partial charge >= 0.3 is 0 Å². The zero-order valence-corrected chi connectivity index (χ0v) is 8.77. The summed E-state index contributed by atoms with van der Waals surface area (Å²) in [5, 5.41) is 0. The van der Waals surface area contributed by atoms with Crippen molar-refractivity contribution in [1.29, 1.82) is 0 Å². The van der Waals surface area contributed by atoms with Crippen LogP contribution in [0.4, 0.5) is 0 Å². The maximum Gasteiger partial charge on any atom is -0.0285 e. The molecule has 0 N–H and O–H groups in total. The molecule has 60 valence electrons. The van der Waals surface area contributed by atoms with Crippen LogP contribution in [0.3, 0.4) is 0 Å². The Balaban J connectivity index is 0. The maximum atomic E-state index is 2.20. The first-order valence-corrected chi connectivity index (χ1v) is 3.72. The minimum Gasteiger partial charge on any atom is -0.153 e. The quantitative estimate of drug-likeness (QED) is 0.474. The van der Waals surface area contributed by atoms with E-state index in [1.54, 1.807) is 0 Å². The summed E-state index contributed by atoms with van der Waals surface area (Å²) in [5.41, 5.74) is 1.50. The van der Waals surface area contributed by atoms with E-state index in [1.807, 2.05) is 13.8 Å². The highest BCUT2D eigenvalue weighted by Crippen LogP contribution is 2.08. The third-order valence-electron chi connectivity index (χ3n) is 1.22. The van der Waals surface area contributed by atoms with Gasteiger partial charge in [0, 0.05) is 0 Å². The van der Waals surface area contributed by atoms with Gasteiger partial charge in [0.05, 0.1) is 0 Å². The highest BCUT2D eigenvalue weighted by Gasteiger charge is 1.88. The smallest absolute Gasteiger partial charge is 0.0285 e.